The Morgan fingerprint density at radius 3 is 2.87 bits per heavy atom. The maximum atomic E-state index is 12.4. The van der Waals surface area contributed by atoms with Gasteiger partial charge in [0.25, 0.3) is 11.2 Å². The van der Waals surface area contributed by atoms with Gasteiger partial charge >= 0.3 is 0 Å². The second-order valence-corrected chi connectivity index (χ2v) is 5.86. The van der Waals surface area contributed by atoms with Crippen LogP contribution in [0.2, 0.25) is 0 Å². The molecular weight excluding hydrogens is 316 g/mol. The quantitative estimate of drug-likeness (QED) is 0.420. The molecule has 116 valence electrons. The third kappa shape index (κ3) is 2.76. The molecule has 0 atom stereocenters. The van der Waals surface area contributed by atoms with E-state index in [2.05, 4.69) is 10.1 Å². The number of hydrogen-bond acceptors (Lipinski definition) is 6. The number of hydrogen-bond donors (Lipinski definition) is 0. The molecule has 1 aromatic carbocycles. The Balaban J connectivity index is 2.05. The number of nitro benzene ring substituents is 1. The molecular formula is C15H12N4O3S. The summed E-state index contributed by atoms with van der Waals surface area (Å²) in [4.78, 5) is 27.9. The Morgan fingerprint density at radius 2 is 2.13 bits per heavy atom. The topological polar surface area (TPSA) is 90.4 Å². The zero-order valence-electron chi connectivity index (χ0n) is 12.4. The van der Waals surface area contributed by atoms with Crippen LogP contribution in [0.4, 0.5) is 5.69 Å². The van der Waals surface area contributed by atoms with Gasteiger partial charge in [-0.15, -0.1) is 11.3 Å². The van der Waals surface area contributed by atoms with Gasteiger partial charge in [0, 0.05) is 17.2 Å². The molecule has 2 heterocycles. The van der Waals surface area contributed by atoms with Crippen LogP contribution in [0.1, 0.15) is 17.0 Å². The predicted octanol–water partition coefficient (Wildman–Crippen LogP) is 2.87. The normalized spacial score (nSPS) is 11.4. The summed E-state index contributed by atoms with van der Waals surface area (Å²) < 4.78 is 1.20. The number of fused-ring (bicyclic) bond motifs is 1. The van der Waals surface area contributed by atoms with Gasteiger partial charge in [-0.25, -0.2) is 4.98 Å². The average Bonchev–Trinajstić information content (AvgIpc) is 2.96. The highest BCUT2D eigenvalue weighted by Crippen LogP contribution is 2.18. The minimum absolute atomic E-state index is 0.0180. The van der Waals surface area contributed by atoms with E-state index in [4.69, 9.17) is 0 Å². The molecule has 2 aromatic heterocycles. The van der Waals surface area contributed by atoms with Crippen molar-refractivity contribution < 1.29 is 4.92 Å². The van der Waals surface area contributed by atoms with Crippen LogP contribution in [0.15, 0.2) is 39.5 Å². The summed E-state index contributed by atoms with van der Waals surface area (Å²) in [5, 5.41) is 17.4. The van der Waals surface area contributed by atoms with Crippen LogP contribution in [0.3, 0.4) is 0 Å². The highest BCUT2D eigenvalue weighted by molar-refractivity contribution is 7.16. The van der Waals surface area contributed by atoms with E-state index in [9.17, 15) is 14.9 Å². The molecule has 0 aliphatic rings. The number of benzene rings is 1. The summed E-state index contributed by atoms with van der Waals surface area (Å²) in [7, 11) is 0. The van der Waals surface area contributed by atoms with E-state index in [1.165, 1.54) is 28.3 Å². The summed E-state index contributed by atoms with van der Waals surface area (Å²) in [5.74, 6) is 0.461. The van der Waals surface area contributed by atoms with Crippen molar-refractivity contribution in [2.75, 3.05) is 0 Å². The van der Waals surface area contributed by atoms with Crippen molar-refractivity contribution in [2.24, 2.45) is 5.10 Å². The Morgan fingerprint density at radius 1 is 1.35 bits per heavy atom. The predicted molar refractivity (Wildman–Crippen MR) is 89.4 cm³/mol. The number of aryl methyl sites for hydroxylation is 2. The van der Waals surface area contributed by atoms with Crippen molar-refractivity contribution >= 4 is 33.5 Å². The van der Waals surface area contributed by atoms with Crippen molar-refractivity contribution in [3.05, 3.63) is 67.1 Å². The summed E-state index contributed by atoms with van der Waals surface area (Å²) in [6.45, 7) is 3.36. The average molecular weight is 328 g/mol. The van der Waals surface area contributed by atoms with Gasteiger partial charge in [-0.3, -0.25) is 14.9 Å². The Kier molecular flexibility index (Phi) is 3.75. The number of rotatable bonds is 3. The molecule has 0 spiro atoms. The third-order valence-corrected chi connectivity index (χ3v) is 4.20. The molecule has 0 amide bonds. The zero-order chi connectivity index (χ0) is 16.6. The largest absolute Gasteiger partial charge is 0.282 e. The van der Waals surface area contributed by atoms with Crippen LogP contribution in [0, 0.1) is 24.0 Å². The fraction of sp³-hybridized carbons (Fsp3) is 0.133. The van der Waals surface area contributed by atoms with Gasteiger partial charge in [0.15, 0.2) is 0 Å². The lowest BCUT2D eigenvalue weighted by atomic mass is 10.1. The standard InChI is InChI=1S/C15H12N4O3S/c1-9-3-4-11(7-13(9)19(21)22)8-16-18-10(2)17-14-12(15(18)20)5-6-23-14/h3-8H,1-2H3/b16-8-. The van der Waals surface area contributed by atoms with Crippen molar-refractivity contribution in [1.29, 1.82) is 0 Å². The molecule has 0 unspecified atom stereocenters. The van der Waals surface area contributed by atoms with E-state index in [0.29, 0.717) is 27.2 Å². The first kappa shape index (κ1) is 15.0. The summed E-state index contributed by atoms with van der Waals surface area (Å²) in [6, 6.07) is 6.49. The van der Waals surface area contributed by atoms with E-state index in [1.807, 2.05) is 0 Å². The van der Waals surface area contributed by atoms with Crippen LogP contribution in [0.25, 0.3) is 10.2 Å². The summed E-state index contributed by atoms with van der Waals surface area (Å²) >= 11 is 1.39. The van der Waals surface area contributed by atoms with Gasteiger partial charge in [-0.1, -0.05) is 12.1 Å². The van der Waals surface area contributed by atoms with Crippen LogP contribution in [-0.4, -0.2) is 20.8 Å². The van der Waals surface area contributed by atoms with Gasteiger partial charge in [-0.2, -0.15) is 9.78 Å². The fourth-order valence-corrected chi connectivity index (χ4v) is 2.97. The van der Waals surface area contributed by atoms with Crippen LogP contribution in [-0.2, 0) is 0 Å². The van der Waals surface area contributed by atoms with E-state index >= 15 is 0 Å². The molecule has 0 aliphatic heterocycles. The van der Waals surface area contributed by atoms with Gasteiger partial charge in [-0.05, 0) is 25.3 Å². The zero-order valence-corrected chi connectivity index (χ0v) is 13.2. The number of nitrogens with zero attached hydrogens (tertiary/aromatic N) is 4. The highest BCUT2D eigenvalue weighted by atomic mass is 32.1. The molecule has 0 saturated carbocycles. The van der Waals surface area contributed by atoms with Crippen molar-refractivity contribution in [3.63, 3.8) is 0 Å². The van der Waals surface area contributed by atoms with E-state index in [-0.39, 0.29) is 11.2 Å². The molecule has 0 bridgehead atoms. The van der Waals surface area contributed by atoms with E-state index < -0.39 is 4.92 Å². The van der Waals surface area contributed by atoms with E-state index in [1.54, 1.807) is 37.4 Å². The Hall–Kier alpha value is -2.87. The van der Waals surface area contributed by atoms with E-state index in [0.717, 1.165) is 0 Å². The Labute approximate surface area is 134 Å². The summed E-state index contributed by atoms with van der Waals surface area (Å²) in [6.07, 6.45) is 1.42. The van der Waals surface area contributed by atoms with Gasteiger partial charge in [0.05, 0.1) is 16.5 Å². The lowest BCUT2D eigenvalue weighted by Crippen LogP contribution is -2.19. The van der Waals surface area contributed by atoms with Crippen molar-refractivity contribution in [1.82, 2.24) is 9.66 Å². The molecule has 23 heavy (non-hydrogen) atoms. The molecule has 0 aliphatic carbocycles. The highest BCUT2D eigenvalue weighted by Gasteiger charge is 2.11. The molecule has 0 radical (unpaired) electrons. The second-order valence-electron chi connectivity index (χ2n) is 4.96. The van der Waals surface area contributed by atoms with Crippen molar-refractivity contribution in [3.8, 4) is 0 Å². The summed E-state index contributed by atoms with van der Waals surface area (Å²) in [5.41, 5.74) is 0.872. The first-order valence-electron chi connectivity index (χ1n) is 6.73. The van der Waals surface area contributed by atoms with Gasteiger partial charge < -0.3 is 0 Å². The first-order chi connectivity index (χ1) is 11.0. The molecule has 0 N–H and O–H groups in total. The molecule has 8 heteroatoms. The minimum atomic E-state index is -0.441. The van der Waals surface area contributed by atoms with Gasteiger partial charge in [0.2, 0.25) is 0 Å². The lowest BCUT2D eigenvalue weighted by Gasteiger charge is -2.03. The number of thiophene rings is 1. The maximum absolute atomic E-state index is 12.4. The molecule has 3 aromatic rings. The van der Waals surface area contributed by atoms with Crippen LogP contribution in [0.5, 0.6) is 0 Å². The van der Waals surface area contributed by atoms with Gasteiger partial charge in [0.1, 0.15) is 10.7 Å². The van der Waals surface area contributed by atoms with Crippen molar-refractivity contribution in [2.45, 2.75) is 13.8 Å². The SMILES string of the molecule is Cc1ccc(/C=N\n2c(C)nc3sccc3c2=O)cc1[N+](=O)[O-]. The number of aromatic nitrogens is 2. The molecule has 7 nitrogen and oxygen atoms in total. The maximum Gasteiger partial charge on any atom is 0.282 e. The molecule has 3 rings (SSSR count). The Bertz CT molecular complexity index is 1000. The third-order valence-electron chi connectivity index (χ3n) is 3.39. The fourth-order valence-electron chi connectivity index (χ4n) is 2.17. The number of nitro groups is 1. The smallest absolute Gasteiger partial charge is 0.267 e. The molecule has 0 fully saturated rings. The van der Waals surface area contributed by atoms with Crippen LogP contribution < -0.4 is 5.56 Å². The monoisotopic (exact) mass is 328 g/mol. The second kappa shape index (κ2) is 5.73. The minimum Gasteiger partial charge on any atom is -0.267 e. The first-order valence-corrected chi connectivity index (χ1v) is 7.61. The van der Waals surface area contributed by atoms with Crippen LogP contribution >= 0.6 is 11.3 Å². The molecule has 0 saturated heterocycles. The lowest BCUT2D eigenvalue weighted by molar-refractivity contribution is -0.385.